The fraction of sp³-hybridized carbons (Fsp3) is 0.500. The van der Waals surface area contributed by atoms with Crippen molar-refractivity contribution in [3.63, 3.8) is 0 Å². The van der Waals surface area contributed by atoms with E-state index in [1.165, 1.54) is 21.0 Å². The predicted octanol–water partition coefficient (Wildman–Crippen LogP) is 2.99. The quantitative estimate of drug-likeness (QED) is 0.898. The highest BCUT2D eigenvalue weighted by molar-refractivity contribution is 7.12. The Morgan fingerprint density at radius 3 is 2.72 bits per heavy atom. The summed E-state index contributed by atoms with van der Waals surface area (Å²) in [6, 6.07) is 4.85. The number of hydrogen-bond acceptors (Lipinski definition) is 3. The molecule has 1 atom stereocenters. The molecular formula is C14H21N3S. The maximum absolute atomic E-state index is 4.21. The van der Waals surface area contributed by atoms with Gasteiger partial charge < -0.3 is 5.32 Å². The van der Waals surface area contributed by atoms with E-state index in [9.17, 15) is 0 Å². The van der Waals surface area contributed by atoms with Crippen LogP contribution in [0, 0.1) is 13.8 Å². The Morgan fingerprint density at radius 1 is 1.44 bits per heavy atom. The second-order valence-electron chi connectivity index (χ2n) is 4.71. The predicted molar refractivity (Wildman–Crippen MR) is 77.1 cm³/mol. The van der Waals surface area contributed by atoms with E-state index in [4.69, 9.17) is 0 Å². The zero-order valence-corrected chi connectivity index (χ0v) is 12.3. The molecule has 2 rings (SSSR count). The Kier molecular flexibility index (Phi) is 4.19. The van der Waals surface area contributed by atoms with Gasteiger partial charge in [0.05, 0.1) is 0 Å². The zero-order valence-electron chi connectivity index (χ0n) is 11.5. The molecule has 0 fully saturated rings. The molecule has 2 heterocycles. The lowest BCUT2D eigenvalue weighted by atomic mass is 10.1. The van der Waals surface area contributed by atoms with E-state index in [0.717, 1.165) is 12.8 Å². The lowest BCUT2D eigenvalue weighted by Gasteiger charge is -2.14. The summed E-state index contributed by atoms with van der Waals surface area (Å²) in [5, 5.41) is 7.63. The molecule has 0 spiro atoms. The summed E-state index contributed by atoms with van der Waals surface area (Å²) < 4.78 is 1.96. The highest BCUT2D eigenvalue weighted by atomic mass is 32.1. The molecule has 0 aliphatic heterocycles. The summed E-state index contributed by atoms with van der Waals surface area (Å²) in [6.45, 7) is 4.38. The number of aryl methyl sites for hydroxylation is 4. The van der Waals surface area contributed by atoms with Crippen molar-refractivity contribution in [2.75, 3.05) is 7.05 Å². The van der Waals surface area contributed by atoms with Gasteiger partial charge in [-0.1, -0.05) is 0 Å². The number of aromatic nitrogens is 2. The van der Waals surface area contributed by atoms with Crippen molar-refractivity contribution in [3.8, 4) is 0 Å². The second kappa shape index (κ2) is 5.67. The van der Waals surface area contributed by atoms with Gasteiger partial charge in [-0.15, -0.1) is 11.3 Å². The summed E-state index contributed by atoms with van der Waals surface area (Å²) in [5.74, 6) is 0. The highest BCUT2D eigenvalue weighted by Crippen LogP contribution is 2.28. The van der Waals surface area contributed by atoms with E-state index >= 15 is 0 Å². The highest BCUT2D eigenvalue weighted by Gasteiger charge is 2.13. The van der Waals surface area contributed by atoms with Crippen LogP contribution in [0.3, 0.4) is 0 Å². The van der Waals surface area contributed by atoms with E-state index in [0.29, 0.717) is 6.04 Å². The van der Waals surface area contributed by atoms with Gasteiger partial charge in [0.25, 0.3) is 0 Å². The first-order valence-electron chi connectivity index (χ1n) is 6.33. The third-order valence-electron chi connectivity index (χ3n) is 3.49. The third kappa shape index (κ3) is 2.82. The molecule has 0 saturated carbocycles. The molecule has 98 valence electrons. The lowest BCUT2D eigenvalue weighted by molar-refractivity contribution is 0.543. The number of nitrogens with zero attached hydrogens (tertiary/aromatic N) is 2. The number of thiophene rings is 1. The minimum absolute atomic E-state index is 0.442. The summed E-state index contributed by atoms with van der Waals surface area (Å²) in [6.07, 6.45) is 4.02. The number of nitrogens with one attached hydrogen (secondary N) is 1. The molecule has 0 aromatic carbocycles. The number of hydrogen-bond donors (Lipinski definition) is 1. The van der Waals surface area contributed by atoms with Crippen LogP contribution in [0.15, 0.2) is 18.3 Å². The molecule has 0 aliphatic carbocycles. The van der Waals surface area contributed by atoms with E-state index < -0.39 is 0 Å². The molecule has 0 radical (unpaired) electrons. The van der Waals surface area contributed by atoms with Crippen molar-refractivity contribution in [1.29, 1.82) is 0 Å². The van der Waals surface area contributed by atoms with Crippen LogP contribution in [-0.2, 0) is 13.5 Å². The van der Waals surface area contributed by atoms with Gasteiger partial charge in [-0.2, -0.15) is 5.10 Å². The molecule has 1 unspecified atom stereocenters. The molecule has 1 N–H and O–H groups in total. The average Bonchev–Trinajstić information content (AvgIpc) is 2.88. The standard InChI is InChI=1S/C14H21N3S/c1-10-9-14(18-11(10)2)13(15-3)6-5-12-7-8-16-17(12)4/h7-9,13,15H,5-6H2,1-4H3. The lowest BCUT2D eigenvalue weighted by Crippen LogP contribution is -2.16. The van der Waals surface area contributed by atoms with E-state index in [1.807, 2.05) is 36.3 Å². The monoisotopic (exact) mass is 263 g/mol. The van der Waals surface area contributed by atoms with Crippen molar-refractivity contribution >= 4 is 11.3 Å². The molecule has 0 bridgehead atoms. The van der Waals surface area contributed by atoms with Crippen molar-refractivity contribution in [2.45, 2.75) is 32.7 Å². The smallest absolute Gasteiger partial charge is 0.0492 e. The van der Waals surface area contributed by atoms with Gasteiger partial charge in [0.1, 0.15) is 0 Å². The van der Waals surface area contributed by atoms with Crippen LogP contribution in [0.4, 0.5) is 0 Å². The molecule has 0 aliphatic rings. The minimum atomic E-state index is 0.442. The van der Waals surface area contributed by atoms with Gasteiger partial charge >= 0.3 is 0 Å². The van der Waals surface area contributed by atoms with Crippen molar-refractivity contribution in [1.82, 2.24) is 15.1 Å². The molecule has 2 aromatic rings. The molecular weight excluding hydrogens is 242 g/mol. The van der Waals surface area contributed by atoms with Crippen LogP contribution in [0.1, 0.15) is 33.5 Å². The molecule has 4 heteroatoms. The Morgan fingerprint density at radius 2 is 2.22 bits per heavy atom. The third-order valence-corrected chi connectivity index (χ3v) is 4.75. The largest absolute Gasteiger partial charge is 0.312 e. The van der Waals surface area contributed by atoms with Gasteiger partial charge in [-0.25, -0.2) is 0 Å². The first kappa shape index (κ1) is 13.3. The topological polar surface area (TPSA) is 29.9 Å². The fourth-order valence-electron chi connectivity index (χ4n) is 2.14. The summed E-state index contributed by atoms with van der Waals surface area (Å²) in [5.41, 5.74) is 2.69. The Balaban J connectivity index is 2.04. The maximum atomic E-state index is 4.21. The van der Waals surface area contributed by atoms with Crippen molar-refractivity contribution in [2.24, 2.45) is 7.05 Å². The van der Waals surface area contributed by atoms with Crippen LogP contribution in [0.5, 0.6) is 0 Å². The van der Waals surface area contributed by atoms with E-state index in [1.54, 1.807) is 0 Å². The van der Waals surface area contributed by atoms with E-state index in [-0.39, 0.29) is 0 Å². The van der Waals surface area contributed by atoms with Gasteiger partial charge in [0.2, 0.25) is 0 Å². The summed E-state index contributed by atoms with van der Waals surface area (Å²) in [7, 11) is 4.04. The average molecular weight is 263 g/mol. The normalized spacial score (nSPS) is 12.9. The van der Waals surface area contributed by atoms with Crippen LogP contribution in [0.25, 0.3) is 0 Å². The summed E-state index contributed by atoms with van der Waals surface area (Å²) >= 11 is 1.90. The number of rotatable bonds is 5. The van der Waals surface area contributed by atoms with Crippen molar-refractivity contribution in [3.05, 3.63) is 39.3 Å². The van der Waals surface area contributed by atoms with E-state index in [2.05, 4.69) is 36.4 Å². The van der Waals surface area contributed by atoms with Gasteiger partial charge in [0.15, 0.2) is 0 Å². The van der Waals surface area contributed by atoms with Crippen LogP contribution in [-0.4, -0.2) is 16.8 Å². The Labute approximate surface area is 113 Å². The molecule has 3 nitrogen and oxygen atoms in total. The van der Waals surface area contributed by atoms with Gasteiger partial charge in [0, 0.05) is 34.7 Å². The van der Waals surface area contributed by atoms with Crippen LogP contribution >= 0.6 is 11.3 Å². The van der Waals surface area contributed by atoms with Crippen LogP contribution in [0.2, 0.25) is 0 Å². The second-order valence-corrected chi connectivity index (χ2v) is 6.00. The molecule has 0 saturated heterocycles. The molecule has 18 heavy (non-hydrogen) atoms. The molecule has 0 amide bonds. The zero-order chi connectivity index (χ0) is 13.1. The fourth-order valence-corrected chi connectivity index (χ4v) is 3.33. The van der Waals surface area contributed by atoms with Crippen LogP contribution < -0.4 is 5.32 Å². The minimum Gasteiger partial charge on any atom is -0.312 e. The van der Waals surface area contributed by atoms with Gasteiger partial charge in [-0.05, 0) is 51.4 Å². The molecule has 2 aromatic heterocycles. The van der Waals surface area contributed by atoms with Gasteiger partial charge in [-0.3, -0.25) is 4.68 Å². The van der Waals surface area contributed by atoms with Crippen molar-refractivity contribution < 1.29 is 0 Å². The first-order valence-corrected chi connectivity index (χ1v) is 7.14. The maximum Gasteiger partial charge on any atom is 0.0492 e. The first-order chi connectivity index (χ1) is 8.61. The Bertz CT molecular complexity index is 493. The SMILES string of the molecule is CNC(CCc1ccnn1C)c1cc(C)c(C)s1. The Hall–Kier alpha value is -1.13. The summed E-state index contributed by atoms with van der Waals surface area (Å²) in [4.78, 5) is 2.86.